The van der Waals surface area contributed by atoms with Gasteiger partial charge in [-0.3, -0.25) is 0 Å². The molecule has 1 heterocycles. The van der Waals surface area contributed by atoms with E-state index < -0.39 is 22.0 Å². The van der Waals surface area contributed by atoms with Crippen LogP contribution >= 0.6 is 0 Å². The van der Waals surface area contributed by atoms with Crippen LogP contribution in [0.25, 0.3) is 0 Å². The second-order valence-corrected chi connectivity index (χ2v) is 7.66. The van der Waals surface area contributed by atoms with Gasteiger partial charge in [-0.15, -0.1) is 0 Å². The third kappa shape index (κ3) is 4.00. The van der Waals surface area contributed by atoms with Crippen LogP contribution in [0.1, 0.15) is 33.6 Å². The van der Waals surface area contributed by atoms with E-state index in [4.69, 9.17) is 0 Å². The van der Waals surface area contributed by atoms with Crippen LogP contribution in [-0.4, -0.2) is 65.1 Å². The Bertz CT molecular complexity index is 756. The molecule has 8 nitrogen and oxygen atoms in total. The number of nitrogens with zero attached hydrogens (tertiary/aromatic N) is 1. The van der Waals surface area contributed by atoms with Crippen LogP contribution in [0.3, 0.4) is 0 Å². The largest absolute Gasteiger partial charge is 0.465 e. The van der Waals surface area contributed by atoms with Gasteiger partial charge in [-0.1, -0.05) is 0 Å². The standard InChI is InChI=1S/C16H22N2O6S/c1-18(12-6-8-17-9-7-12)25(21,22)14-10-11(15(19)23-2)4-5-13(14)16(20)24-3/h4-5,10,12,17H,6-9H2,1-3H3. The van der Waals surface area contributed by atoms with Gasteiger partial charge >= 0.3 is 11.9 Å². The summed E-state index contributed by atoms with van der Waals surface area (Å²) in [6.07, 6.45) is 1.33. The van der Waals surface area contributed by atoms with Gasteiger partial charge in [-0.2, -0.15) is 4.31 Å². The van der Waals surface area contributed by atoms with Crippen molar-refractivity contribution < 1.29 is 27.5 Å². The maximum Gasteiger partial charge on any atom is 0.339 e. The first kappa shape index (κ1) is 19.4. The highest BCUT2D eigenvalue weighted by Crippen LogP contribution is 2.26. The summed E-state index contributed by atoms with van der Waals surface area (Å²) in [6, 6.07) is 3.58. The van der Waals surface area contributed by atoms with E-state index in [1.807, 2.05) is 0 Å². The summed E-state index contributed by atoms with van der Waals surface area (Å²) in [4.78, 5) is 23.5. The third-order valence-corrected chi connectivity index (χ3v) is 6.24. The number of piperidine rings is 1. The number of esters is 2. The van der Waals surface area contributed by atoms with E-state index in [0.29, 0.717) is 12.8 Å². The number of carbonyl (C=O) groups excluding carboxylic acids is 2. The van der Waals surface area contributed by atoms with E-state index in [9.17, 15) is 18.0 Å². The van der Waals surface area contributed by atoms with E-state index >= 15 is 0 Å². The van der Waals surface area contributed by atoms with Crippen molar-refractivity contribution in [2.75, 3.05) is 34.4 Å². The zero-order valence-electron chi connectivity index (χ0n) is 14.4. The normalized spacial score (nSPS) is 15.8. The molecule has 0 spiro atoms. The van der Waals surface area contributed by atoms with E-state index in [2.05, 4.69) is 14.8 Å². The molecule has 1 fully saturated rings. The Balaban J connectivity index is 2.52. The van der Waals surface area contributed by atoms with Crippen molar-refractivity contribution in [2.24, 2.45) is 0 Å². The number of rotatable bonds is 5. The van der Waals surface area contributed by atoms with E-state index in [1.54, 1.807) is 0 Å². The Morgan fingerprint density at radius 3 is 2.28 bits per heavy atom. The van der Waals surface area contributed by atoms with Gasteiger partial charge in [0.05, 0.1) is 30.2 Å². The molecule has 0 bridgehead atoms. The first-order valence-corrected chi connectivity index (χ1v) is 9.26. The predicted molar refractivity (Wildman–Crippen MR) is 90.0 cm³/mol. The van der Waals surface area contributed by atoms with Crippen molar-refractivity contribution >= 4 is 22.0 Å². The molecule has 0 atom stereocenters. The van der Waals surface area contributed by atoms with Gasteiger partial charge in [-0.25, -0.2) is 18.0 Å². The molecule has 0 aliphatic carbocycles. The molecule has 1 aliphatic rings. The fourth-order valence-corrected chi connectivity index (χ4v) is 4.40. The number of benzene rings is 1. The Morgan fingerprint density at radius 1 is 1.12 bits per heavy atom. The van der Waals surface area contributed by atoms with Crippen molar-refractivity contribution in [2.45, 2.75) is 23.8 Å². The molecule has 25 heavy (non-hydrogen) atoms. The zero-order chi connectivity index (χ0) is 18.6. The number of sulfonamides is 1. The molecular formula is C16H22N2O6S. The van der Waals surface area contributed by atoms with Crippen LogP contribution in [0.5, 0.6) is 0 Å². The van der Waals surface area contributed by atoms with E-state index in [1.165, 1.54) is 37.7 Å². The fourth-order valence-electron chi connectivity index (χ4n) is 2.78. The predicted octanol–water partition coefficient (Wildman–Crippen LogP) is 0.632. The highest BCUT2D eigenvalue weighted by atomic mass is 32.2. The second-order valence-electron chi connectivity index (χ2n) is 5.70. The molecule has 0 radical (unpaired) electrons. The molecule has 0 amide bonds. The highest BCUT2D eigenvalue weighted by molar-refractivity contribution is 7.89. The van der Waals surface area contributed by atoms with Crippen molar-refractivity contribution in [1.82, 2.24) is 9.62 Å². The molecule has 1 aromatic rings. The number of hydrogen-bond donors (Lipinski definition) is 1. The molecule has 0 saturated carbocycles. The van der Waals surface area contributed by atoms with Gasteiger partial charge < -0.3 is 14.8 Å². The zero-order valence-corrected chi connectivity index (χ0v) is 15.3. The second kappa shape index (κ2) is 7.94. The molecule has 0 aromatic heterocycles. The van der Waals surface area contributed by atoms with Gasteiger partial charge in [0, 0.05) is 13.1 Å². The number of hydrogen-bond acceptors (Lipinski definition) is 7. The highest BCUT2D eigenvalue weighted by Gasteiger charge is 2.33. The van der Waals surface area contributed by atoms with Crippen LogP contribution in [0.2, 0.25) is 0 Å². The van der Waals surface area contributed by atoms with Crippen molar-refractivity contribution in [3.8, 4) is 0 Å². The quantitative estimate of drug-likeness (QED) is 0.759. The summed E-state index contributed by atoms with van der Waals surface area (Å²) in [6.45, 7) is 1.44. The Labute approximate surface area is 147 Å². The average Bonchev–Trinajstić information content (AvgIpc) is 2.66. The molecule has 1 aromatic carbocycles. The van der Waals surface area contributed by atoms with Gasteiger partial charge in [0.2, 0.25) is 10.0 Å². The number of carbonyl (C=O) groups is 2. The third-order valence-electron chi connectivity index (χ3n) is 4.29. The lowest BCUT2D eigenvalue weighted by molar-refractivity contribution is 0.0583. The molecule has 1 saturated heterocycles. The summed E-state index contributed by atoms with van der Waals surface area (Å²) in [5, 5.41) is 3.17. The van der Waals surface area contributed by atoms with Gasteiger partial charge in [0.1, 0.15) is 0 Å². The van der Waals surface area contributed by atoms with E-state index in [0.717, 1.165) is 19.2 Å². The van der Waals surface area contributed by atoms with Crippen LogP contribution in [0.15, 0.2) is 23.1 Å². The van der Waals surface area contributed by atoms with Gasteiger partial charge in [0.25, 0.3) is 0 Å². The molecule has 1 N–H and O–H groups in total. The Morgan fingerprint density at radius 2 is 1.72 bits per heavy atom. The van der Waals surface area contributed by atoms with Crippen LogP contribution < -0.4 is 5.32 Å². The van der Waals surface area contributed by atoms with Crippen molar-refractivity contribution in [1.29, 1.82) is 0 Å². The maximum absolute atomic E-state index is 13.1. The average molecular weight is 370 g/mol. The minimum atomic E-state index is -3.99. The molecule has 9 heteroatoms. The summed E-state index contributed by atoms with van der Waals surface area (Å²) in [7, 11) is -0.138. The van der Waals surface area contributed by atoms with Crippen LogP contribution in [0, 0.1) is 0 Å². The lowest BCUT2D eigenvalue weighted by Gasteiger charge is -2.31. The first-order chi connectivity index (χ1) is 11.8. The first-order valence-electron chi connectivity index (χ1n) is 7.82. The maximum atomic E-state index is 13.1. The fraction of sp³-hybridized carbons (Fsp3) is 0.500. The molecule has 0 unspecified atom stereocenters. The number of nitrogens with one attached hydrogen (secondary N) is 1. The van der Waals surface area contributed by atoms with E-state index in [-0.39, 0.29) is 22.1 Å². The number of ether oxygens (including phenoxy) is 2. The van der Waals surface area contributed by atoms with Crippen LogP contribution in [0.4, 0.5) is 0 Å². The minimum Gasteiger partial charge on any atom is -0.465 e. The smallest absolute Gasteiger partial charge is 0.339 e. The minimum absolute atomic E-state index is 0.0486. The summed E-state index contributed by atoms with van der Waals surface area (Å²) >= 11 is 0. The lowest BCUT2D eigenvalue weighted by Crippen LogP contribution is -2.44. The van der Waals surface area contributed by atoms with Crippen molar-refractivity contribution in [3.63, 3.8) is 0 Å². The summed E-state index contributed by atoms with van der Waals surface area (Å²) in [5.41, 5.74) is -0.0663. The number of methoxy groups -OCH3 is 2. The van der Waals surface area contributed by atoms with Gasteiger partial charge in [-0.05, 0) is 44.1 Å². The molecular weight excluding hydrogens is 348 g/mol. The Hall–Kier alpha value is -1.97. The Kier molecular flexibility index (Phi) is 6.15. The summed E-state index contributed by atoms with van der Waals surface area (Å²) < 4.78 is 36.7. The van der Waals surface area contributed by atoms with Crippen LogP contribution in [-0.2, 0) is 19.5 Å². The summed E-state index contributed by atoms with van der Waals surface area (Å²) in [5.74, 6) is -1.47. The van der Waals surface area contributed by atoms with Gasteiger partial charge in [0.15, 0.2) is 0 Å². The topological polar surface area (TPSA) is 102 Å². The SMILES string of the molecule is COC(=O)c1ccc(C(=O)OC)c(S(=O)(=O)N(C)C2CCNCC2)c1. The molecule has 138 valence electrons. The van der Waals surface area contributed by atoms with Crippen molar-refractivity contribution in [3.05, 3.63) is 29.3 Å². The lowest BCUT2D eigenvalue weighted by atomic mass is 10.1. The molecule has 1 aliphatic heterocycles. The monoisotopic (exact) mass is 370 g/mol. The molecule has 2 rings (SSSR count).